The van der Waals surface area contributed by atoms with Crippen molar-refractivity contribution in [3.8, 4) is 5.88 Å². The summed E-state index contributed by atoms with van der Waals surface area (Å²) in [5.41, 5.74) is 0.389. The number of nitrogens with one attached hydrogen (secondary N) is 2. The van der Waals surface area contributed by atoms with Crippen LogP contribution in [0.2, 0.25) is 0 Å². The van der Waals surface area contributed by atoms with Crippen molar-refractivity contribution < 1.29 is 9.66 Å². The highest BCUT2D eigenvalue weighted by Gasteiger charge is 2.28. The predicted octanol–water partition coefficient (Wildman–Crippen LogP) is 2.54. The van der Waals surface area contributed by atoms with E-state index >= 15 is 0 Å². The molecule has 0 radical (unpaired) electrons. The summed E-state index contributed by atoms with van der Waals surface area (Å²) in [5, 5.41) is 10.9. The number of ether oxygens (including phenoxy) is 1. The molecule has 1 atom stereocenters. The minimum Gasteiger partial charge on any atom is -0.440 e. The summed E-state index contributed by atoms with van der Waals surface area (Å²) in [4.78, 5) is 39.2. The van der Waals surface area contributed by atoms with Gasteiger partial charge in [-0.2, -0.15) is 0 Å². The van der Waals surface area contributed by atoms with Crippen molar-refractivity contribution in [2.45, 2.75) is 5.92 Å². The van der Waals surface area contributed by atoms with Crippen molar-refractivity contribution in [2.75, 3.05) is 0 Å². The number of nitro groups is 1. The van der Waals surface area contributed by atoms with Gasteiger partial charge in [-0.25, -0.2) is 4.79 Å². The molecule has 0 unspecified atom stereocenters. The van der Waals surface area contributed by atoms with E-state index in [0.29, 0.717) is 11.3 Å². The van der Waals surface area contributed by atoms with Gasteiger partial charge < -0.3 is 4.74 Å². The Kier molecular flexibility index (Phi) is 3.92. The van der Waals surface area contributed by atoms with Gasteiger partial charge >= 0.3 is 5.69 Å². The molecule has 2 aromatic carbocycles. The predicted molar refractivity (Wildman–Crippen MR) is 97.7 cm³/mol. The van der Waals surface area contributed by atoms with Crippen LogP contribution in [0.5, 0.6) is 5.88 Å². The average molecular weight is 363 g/mol. The maximum atomic E-state index is 12.4. The number of aromatic amines is 2. The van der Waals surface area contributed by atoms with Gasteiger partial charge in [0.15, 0.2) is 0 Å². The van der Waals surface area contributed by atoms with E-state index in [1.54, 1.807) is 18.2 Å². The van der Waals surface area contributed by atoms with Crippen molar-refractivity contribution >= 4 is 11.4 Å². The molecule has 0 bridgehead atoms. The molecule has 2 N–H and O–H groups in total. The van der Waals surface area contributed by atoms with Gasteiger partial charge in [-0.05, 0) is 11.6 Å². The second kappa shape index (κ2) is 6.41. The van der Waals surface area contributed by atoms with Crippen LogP contribution in [0, 0.1) is 10.1 Å². The molecule has 2 heterocycles. The fourth-order valence-electron chi connectivity index (χ4n) is 3.04. The summed E-state index contributed by atoms with van der Waals surface area (Å²) in [6.45, 7) is 0. The molecular weight excluding hydrogens is 350 g/mol. The number of allylic oxidation sites excluding steroid dienone is 1. The zero-order chi connectivity index (χ0) is 19.0. The van der Waals surface area contributed by atoms with E-state index < -0.39 is 22.1 Å². The zero-order valence-electron chi connectivity index (χ0n) is 13.8. The van der Waals surface area contributed by atoms with Crippen LogP contribution < -0.4 is 16.0 Å². The van der Waals surface area contributed by atoms with Gasteiger partial charge in [-0.1, -0.05) is 42.5 Å². The summed E-state index contributed by atoms with van der Waals surface area (Å²) < 4.78 is 5.77. The first kappa shape index (κ1) is 16.5. The Hall–Kier alpha value is -3.94. The summed E-state index contributed by atoms with van der Waals surface area (Å²) in [6, 6.07) is 15.2. The van der Waals surface area contributed by atoms with Crippen molar-refractivity contribution in [2.24, 2.45) is 0 Å². The number of hydrogen-bond acceptors (Lipinski definition) is 5. The first-order valence-corrected chi connectivity index (χ1v) is 8.09. The molecule has 134 valence electrons. The molecule has 8 heteroatoms. The highest BCUT2D eigenvalue weighted by atomic mass is 16.6. The van der Waals surface area contributed by atoms with E-state index in [2.05, 4.69) is 9.97 Å². The number of aromatic nitrogens is 2. The Bertz CT molecular complexity index is 1160. The van der Waals surface area contributed by atoms with E-state index in [1.807, 2.05) is 30.3 Å². The lowest BCUT2D eigenvalue weighted by atomic mass is 9.89. The Labute approximate surface area is 151 Å². The molecule has 8 nitrogen and oxygen atoms in total. The quantitative estimate of drug-likeness (QED) is 0.548. The fourth-order valence-corrected chi connectivity index (χ4v) is 3.04. The summed E-state index contributed by atoms with van der Waals surface area (Å²) in [7, 11) is 0. The SMILES string of the molecule is O=c1[nH]c2c(c(=O)[nH]1)[C@@H](c1ccc([N+](=O)[O-])cc1)C=C(c1ccccc1)O2. The molecule has 0 aliphatic carbocycles. The van der Waals surface area contributed by atoms with E-state index in [1.165, 1.54) is 12.1 Å². The molecule has 1 aliphatic rings. The lowest BCUT2D eigenvalue weighted by Crippen LogP contribution is -2.30. The van der Waals surface area contributed by atoms with Crippen LogP contribution in [0.4, 0.5) is 5.69 Å². The second-order valence-electron chi connectivity index (χ2n) is 5.98. The number of H-pyrrole nitrogens is 2. The number of nitrogens with zero attached hydrogens (tertiary/aromatic N) is 1. The molecule has 0 spiro atoms. The third kappa shape index (κ3) is 3.04. The lowest BCUT2D eigenvalue weighted by Gasteiger charge is -2.23. The number of nitro benzene ring substituents is 1. The van der Waals surface area contributed by atoms with Gasteiger partial charge in [-0.15, -0.1) is 0 Å². The molecule has 1 aromatic heterocycles. The maximum Gasteiger partial charge on any atom is 0.328 e. The average Bonchev–Trinajstić information content (AvgIpc) is 2.67. The minimum atomic E-state index is -0.671. The highest BCUT2D eigenvalue weighted by Crippen LogP contribution is 2.37. The van der Waals surface area contributed by atoms with Crippen LogP contribution in [-0.4, -0.2) is 14.9 Å². The first-order valence-electron chi connectivity index (χ1n) is 8.09. The van der Waals surface area contributed by atoms with Crippen molar-refractivity contribution in [1.29, 1.82) is 0 Å². The number of rotatable bonds is 3. The Morgan fingerprint density at radius 3 is 2.33 bits per heavy atom. The molecule has 0 saturated carbocycles. The molecule has 1 aliphatic heterocycles. The first-order chi connectivity index (χ1) is 13.0. The molecule has 0 fully saturated rings. The maximum absolute atomic E-state index is 12.4. The minimum absolute atomic E-state index is 0.0475. The second-order valence-corrected chi connectivity index (χ2v) is 5.98. The molecule has 0 amide bonds. The summed E-state index contributed by atoms with van der Waals surface area (Å²) in [5.74, 6) is 0.00604. The Morgan fingerprint density at radius 2 is 1.67 bits per heavy atom. The van der Waals surface area contributed by atoms with Crippen molar-refractivity contribution in [1.82, 2.24) is 9.97 Å². The third-order valence-electron chi connectivity index (χ3n) is 4.31. The monoisotopic (exact) mass is 363 g/mol. The van der Waals surface area contributed by atoms with E-state index in [-0.39, 0.29) is 17.1 Å². The lowest BCUT2D eigenvalue weighted by molar-refractivity contribution is -0.384. The fraction of sp³-hybridized carbons (Fsp3) is 0.0526. The molecular formula is C19H13N3O5. The van der Waals surface area contributed by atoms with E-state index in [4.69, 9.17) is 4.74 Å². The smallest absolute Gasteiger partial charge is 0.328 e. The van der Waals surface area contributed by atoms with Gasteiger partial charge in [0.2, 0.25) is 5.88 Å². The van der Waals surface area contributed by atoms with Crippen LogP contribution in [-0.2, 0) is 0 Å². The number of hydrogen-bond donors (Lipinski definition) is 2. The van der Waals surface area contributed by atoms with Crippen molar-refractivity contribution in [3.63, 3.8) is 0 Å². The highest BCUT2D eigenvalue weighted by molar-refractivity contribution is 5.67. The van der Waals surface area contributed by atoms with Gasteiger partial charge in [0, 0.05) is 23.6 Å². The third-order valence-corrected chi connectivity index (χ3v) is 4.31. The van der Waals surface area contributed by atoms with Crippen LogP contribution in [0.3, 0.4) is 0 Å². The van der Waals surface area contributed by atoms with Gasteiger partial charge in [0.25, 0.3) is 11.2 Å². The zero-order valence-corrected chi connectivity index (χ0v) is 13.8. The van der Waals surface area contributed by atoms with Gasteiger partial charge in [0.05, 0.1) is 10.5 Å². The molecule has 27 heavy (non-hydrogen) atoms. The van der Waals surface area contributed by atoms with Crippen LogP contribution >= 0.6 is 0 Å². The standard InChI is InChI=1S/C19H13N3O5/c23-17-16-14(11-6-8-13(9-7-11)22(25)26)10-15(12-4-2-1-3-5-12)27-18(16)21-19(24)20-17/h1-10,14H,(H2,20,21,23,24)/t14-/m1/s1. The van der Waals surface area contributed by atoms with Crippen molar-refractivity contribution in [3.05, 3.63) is 108 Å². The summed E-state index contributed by atoms with van der Waals surface area (Å²) >= 11 is 0. The number of benzene rings is 2. The molecule has 4 rings (SSSR count). The van der Waals surface area contributed by atoms with Crippen LogP contribution in [0.1, 0.15) is 22.6 Å². The Balaban J connectivity index is 1.89. The van der Waals surface area contributed by atoms with E-state index in [9.17, 15) is 19.7 Å². The van der Waals surface area contributed by atoms with Crippen LogP contribution in [0.25, 0.3) is 5.76 Å². The Morgan fingerprint density at radius 1 is 0.963 bits per heavy atom. The largest absolute Gasteiger partial charge is 0.440 e. The normalized spacial score (nSPS) is 15.4. The van der Waals surface area contributed by atoms with Crippen LogP contribution in [0.15, 0.2) is 70.3 Å². The number of non-ortho nitro benzene ring substituents is 1. The summed E-state index contributed by atoms with van der Waals surface area (Å²) in [6.07, 6.45) is 1.76. The number of fused-ring (bicyclic) bond motifs is 1. The van der Waals surface area contributed by atoms with Gasteiger partial charge in [0.1, 0.15) is 5.76 Å². The molecule has 0 saturated heterocycles. The van der Waals surface area contributed by atoms with Gasteiger partial charge in [-0.3, -0.25) is 24.9 Å². The van der Waals surface area contributed by atoms with E-state index in [0.717, 1.165) is 5.56 Å². The molecule has 3 aromatic rings. The topological polar surface area (TPSA) is 118 Å².